The van der Waals surface area contributed by atoms with E-state index in [-0.39, 0.29) is 11.7 Å². The number of nitriles is 1. The quantitative estimate of drug-likeness (QED) is 0.570. The van der Waals surface area contributed by atoms with E-state index in [0.717, 1.165) is 5.56 Å². The molecule has 1 amide bonds. The molecule has 0 saturated carbocycles. The number of amides is 1. The molecule has 2 aromatic carbocycles. The molecule has 2 aromatic rings. The monoisotopic (exact) mass is 364 g/mol. The Morgan fingerprint density at radius 3 is 2.59 bits per heavy atom. The zero-order valence-electron chi connectivity index (χ0n) is 16.1. The van der Waals surface area contributed by atoms with Gasteiger partial charge in [-0.25, -0.2) is 0 Å². The fourth-order valence-corrected chi connectivity index (χ4v) is 2.45. The zero-order valence-corrected chi connectivity index (χ0v) is 16.1. The van der Waals surface area contributed by atoms with Gasteiger partial charge in [0.25, 0.3) is 5.91 Å². The average Bonchev–Trinajstić information content (AvgIpc) is 2.63. The highest BCUT2D eigenvalue weighted by Crippen LogP contribution is 2.30. The van der Waals surface area contributed by atoms with Crippen molar-refractivity contribution in [3.63, 3.8) is 0 Å². The highest BCUT2D eigenvalue weighted by atomic mass is 16.5. The molecule has 0 aliphatic carbocycles. The number of hydrogen-bond donors (Lipinski definition) is 1. The van der Waals surface area contributed by atoms with E-state index in [4.69, 9.17) is 9.47 Å². The Bertz CT molecular complexity index is 879. The number of benzene rings is 2. The Kier molecular flexibility index (Phi) is 7.01. The highest BCUT2D eigenvalue weighted by Gasteiger charge is 2.12. The van der Waals surface area contributed by atoms with Crippen molar-refractivity contribution in [2.45, 2.75) is 33.8 Å². The van der Waals surface area contributed by atoms with Crippen molar-refractivity contribution < 1.29 is 14.3 Å². The van der Waals surface area contributed by atoms with Gasteiger partial charge in [0.15, 0.2) is 11.5 Å². The van der Waals surface area contributed by atoms with E-state index in [9.17, 15) is 10.1 Å². The summed E-state index contributed by atoms with van der Waals surface area (Å²) in [5, 5.41) is 12.2. The van der Waals surface area contributed by atoms with Crippen LogP contribution in [0.15, 0.2) is 48.0 Å². The van der Waals surface area contributed by atoms with Gasteiger partial charge in [0.05, 0.1) is 12.7 Å². The van der Waals surface area contributed by atoms with Gasteiger partial charge in [-0.15, -0.1) is 0 Å². The van der Waals surface area contributed by atoms with Crippen molar-refractivity contribution in [2.24, 2.45) is 0 Å². The van der Waals surface area contributed by atoms with Gasteiger partial charge in [-0.3, -0.25) is 4.79 Å². The number of nitrogens with one attached hydrogen (secondary N) is 1. The van der Waals surface area contributed by atoms with Gasteiger partial charge in [-0.1, -0.05) is 24.3 Å². The molecule has 0 atom stereocenters. The summed E-state index contributed by atoms with van der Waals surface area (Å²) in [5.41, 5.74) is 2.31. The molecule has 2 rings (SSSR count). The molecule has 1 N–H and O–H groups in total. The van der Waals surface area contributed by atoms with E-state index < -0.39 is 5.91 Å². The summed E-state index contributed by atoms with van der Waals surface area (Å²) >= 11 is 0. The minimum Gasteiger partial charge on any atom is -0.490 e. The summed E-state index contributed by atoms with van der Waals surface area (Å²) < 4.78 is 11.4. The van der Waals surface area contributed by atoms with Crippen molar-refractivity contribution in [1.82, 2.24) is 0 Å². The third-order valence-corrected chi connectivity index (χ3v) is 3.70. The van der Waals surface area contributed by atoms with Crippen LogP contribution >= 0.6 is 0 Å². The van der Waals surface area contributed by atoms with Crippen LogP contribution in [0.3, 0.4) is 0 Å². The van der Waals surface area contributed by atoms with Crippen molar-refractivity contribution in [3.8, 4) is 17.6 Å². The van der Waals surface area contributed by atoms with Crippen LogP contribution in [-0.4, -0.2) is 18.6 Å². The van der Waals surface area contributed by atoms with Crippen LogP contribution in [0.1, 0.15) is 31.9 Å². The average molecular weight is 364 g/mol. The molecule has 5 nitrogen and oxygen atoms in total. The number of aryl methyl sites for hydroxylation is 1. The van der Waals surface area contributed by atoms with Gasteiger partial charge in [-0.05, 0) is 63.1 Å². The van der Waals surface area contributed by atoms with E-state index >= 15 is 0 Å². The molecule has 0 spiro atoms. The van der Waals surface area contributed by atoms with E-state index in [1.807, 2.05) is 52.0 Å². The van der Waals surface area contributed by atoms with Crippen LogP contribution in [-0.2, 0) is 4.79 Å². The molecule has 140 valence electrons. The van der Waals surface area contributed by atoms with Crippen molar-refractivity contribution >= 4 is 17.7 Å². The van der Waals surface area contributed by atoms with Crippen LogP contribution in [0.5, 0.6) is 11.5 Å². The Balaban J connectivity index is 2.28. The van der Waals surface area contributed by atoms with E-state index in [0.29, 0.717) is 29.4 Å². The first kappa shape index (κ1) is 20.1. The smallest absolute Gasteiger partial charge is 0.266 e. The molecule has 5 heteroatoms. The molecule has 0 aliphatic heterocycles. The van der Waals surface area contributed by atoms with E-state index in [1.54, 1.807) is 24.3 Å². The predicted molar refractivity (Wildman–Crippen MR) is 107 cm³/mol. The molecule has 0 bridgehead atoms. The fourth-order valence-electron chi connectivity index (χ4n) is 2.45. The first-order valence-corrected chi connectivity index (χ1v) is 8.86. The van der Waals surface area contributed by atoms with Crippen molar-refractivity contribution in [2.75, 3.05) is 11.9 Å². The molecule has 0 fully saturated rings. The Hall–Kier alpha value is -3.26. The normalized spacial score (nSPS) is 11.0. The minimum atomic E-state index is -0.452. The maximum atomic E-state index is 12.5. The molecule has 27 heavy (non-hydrogen) atoms. The van der Waals surface area contributed by atoms with Gasteiger partial charge in [0.1, 0.15) is 11.6 Å². The molecule has 0 aromatic heterocycles. The molecule has 0 saturated heterocycles. The lowest BCUT2D eigenvalue weighted by molar-refractivity contribution is -0.112. The number of anilines is 1. The second kappa shape index (κ2) is 9.44. The lowest BCUT2D eigenvalue weighted by atomic mass is 10.1. The lowest BCUT2D eigenvalue weighted by Gasteiger charge is -2.15. The maximum Gasteiger partial charge on any atom is 0.266 e. The third-order valence-electron chi connectivity index (χ3n) is 3.70. The highest BCUT2D eigenvalue weighted by molar-refractivity contribution is 6.10. The molecular weight excluding hydrogens is 340 g/mol. The Morgan fingerprint density at radius 2 is 1.96 bits per heavy atom. The van der Waals surface area contributed by atoms with Crippen LogP contribution in [0.4, 0.5) is 5.69 Å². The topological polar surface area (TPSA) is 71.3 Å². The van der Waals surface area contributed by atoms with Gasteiger partial charge in [0.2, 0.25) is 0 Å². The second-order valence-corrected chi connectivity index (χ2v) is 6.24. The number of nitrogens with zero attached hydrogens (tertiary/aromatic N) is 1. The molecule has 0 unspecified atom stereocenters. The van der Waals surface area contributed by atoms with Gasteiger partial charge < -0.3 is 14.8 Å². The van der Waals surface area contributed by atoms with Crippen LogP contribution in [0.25, 0.3) is 6.08 Å². The van der Waals surface area contributed by atoms with Crippen molar-refractivity contribution in [1.29, 1.82) is 5.26 Å². The van der Waals surface area contributed by atoms with E-state index in [2.05, 4.69) is 5.32 Å². The number of carbonyl (C=O) groups excluding carboxylic acids is 1. The minimum absolute atomic E-state index is 0.0122. The summed E-state index contributed by atoms with van der Waals surface area (Å²) in [6, 6.07) is 14.7. The number of hydrogen-bond acceptors (Lipinski definition) is 4. The first-order chi connectivity index (χ1) is 12.9. The standard InChI is InChI=1S/C22H24N2O3/c1-5-26-21-13-17(10-11-20(21)27-15(2)3)12-18(14-23)22(25)24-19-9-7-6-8-16(19)4/h6-13,15H,5H2,1-4H3,(H,24,25)/b18-12+. The largest absolute Gasteiger partial charge is 0.490 e. The van der Waals surface area contributed by atoms with E-state index in [1.165, 1.54) is 6.08 Å². The molecule has 0 aliphatic rings. The molecule has 0 radical (unpaired) electrons. The molecular formula is C22H24N2O3. The van der Waals surface area contributed by atoms with Crippen LogP contribution in [0.2, 0.25) is 0 Å². The summed E-state index contributed by atoms with van der Waals surface area (Å²) in [4.78, 5) is 12.5. The zero-order chi connectivity index (χ0) is 19.8. The Morgan fingerprint density at radius 1 is 1.22 bits per heavy atom. The summed E-state index contributed by atoms with van der Waals surface area (Å²) in [6.45, 7) is 8.15. The second-order valence-electron chi connectivity index (χ2n) is 6.24. The predicted octanol–water partition coefficient (Wildman–Crippen LogP) is 4.73. The number of ether oxygens (including phenoxy) is 2. The lowest BCUT2D eigenvalue weighted by Crippen LogP contribution is -2.14. The molecule has 0 heterocycles. The van der Waals surface area contributed by atoms with Gasteiger partial charge >= 0.3 is 0 Å². The number of rotatable bonds is 7. The van der Waals surface area contributed by atoms with Crippen molar-refractivity contribution in [3.05, 3.63) is 59.2 Å². The first-order valence-electron chi connectivity index (χ1n) is 8.86. The third kappa shape index (κ3) is 5.61. The van der Waals surface area contributed by atoms with Gasteiger partial charge in [0, 0.05) is 5.69 Å². The van der Waals surface area contributed by atoms with Crippen LogP contribution < -0.4 is 14.8 Å². The van der Waals surface area contributed by atoms with Gasteiger partial charge in [-0.2, -0.15) is 5.26 Å². The van der Waals surface area contributed by atoms with Crippen LogP contribution in [0, 0.1) is 18.3 Å². The number of carbonyl (C=O) groups is 1. The SMILES string of the molecule is CCOc1cc(/C=C(\C#N)C(=O)Nc2ccccc2C)ccc1OC(C)C. The number of para-hydroxylation sites is 1. The maximum absolute atomic E-state index is 12.5. The summed E-state index contributed by atoms with van der Waals surface area (Å²) in [7, 11) is 0. The summed E-state index contributed by atoms with van der Waals surface area (Å²) in [6.07, 6.45) is 1.55. The Labute approximate surface area is 160 Å². The fraction of sp³-hybridized carbons (Fsp3) is 0.273. The summed E-state index contributed by atoms with van der Waals surface area (Å²) in [5.74, 6) is 0.760.